The summed E-state index contributed by atoms with van der Waals surface area (Å²) in [5, 5.41) is 0. The molecule has 0 saturated heterocycles. The third-order valence-electron chi connectivity index (χ3n) is 4.53. The molecule has 184 valence electrons. The van der Waals surface area contributed by atoms with E-state index in [0.717, 1.165) is 28.8 Å². The quantitative estimate of drug-likeness (QED) is 0.255. The van der Waals surface area contributed by atoms with E-state index in [0.29, 0.717) is 5.75 Å². The normalized spacial score (nSPS) is 12.5. The number of carbonyl (C=O) groups excluding carboxylic acids is 2. The first-order valence-electron chi connectivity index (χ1n) is 10.6. The average Bonchev–Trinajstić information content (AvgIpc) is 2.67. The predicted octanol–water partition coefficient (Wildman–Crippen LogP) is 6.60. The van der Waals surface area contributed by atoms with Crippen molar-refractivity contribution < 1.29 is 37.0 Å². The number of halogens is 3. The van der Waals surface area contributed by atoms with Crippen LogP contribution in [0.4, 0.5) is 13.2 Å². The Balaban J connectivity index is 2.15. The van der Waals surface area contributed by atoms with Gasteiger partial charge in [0.05, 0.1) is 0 Å². The third-order valence-corrected chi connectivity index (χ3v) is 4.53. The van der Waals surface area contributed by atoms with Gasteiger partial charge in [-0.25, -0.2) is 4.79 Å². The molecule has 2 aromatic rings. The van der Waals surface area contributed by atoms with Crippen LogP contribution in [0.5, 0.6) is 11.5 Å². The first kappa shape index (κ1) is 27.0. The van der Waals surface area contributed by atoms with E-state index in [1.807, 2.05) is 13.8 Å². The minimum Gasteiger partial charge on any atom is -0.476 e. The molecule has 0 amide bonds. The molecule has 34 heavy (non-hydrogen) atoms. The largest absolute Gasteiger partial charge is 0.573 e. The number of allylic oxidation sites excluding steroid dienone is 1. The fourth-order valence-electron chi connectivity index (χ4n) is 3.03. The van der Waals surface area contributed by atoms with Crippen molar-refractivity contribution in [3.05, 3.63) is 64.7 Å². The fourth-order valence-corrected chi connectivity index (χ4v) is 3.03. The summed E-state index contributed by atoms with van der Waals surface area (Å²) in [6.07, 6.45) is -1.86. The first-order valence-corrected chi connectivity index (χ1v) is 10.6. The van der Waals surface area contributed by atoms with Crippen LogP contribution in [0.25, 0.3) is 6.08 Å². The van der Waals surface area contributed by atoms with Crippen LogP contribution in [0.1, 0.15) is 61.7 Å². The Morgan fingerprint density at radius 3 is 1.85 bits per heavy atom. The van der Waals surface area contributed by atoms with Crippen molar-refractivity contribution >= 4 is 17.8 Å². The summed E-state index contributed by atoms with van der Waals surface area (Å²) in [5.74, 6) is -0.718. The average molecular weight is 479 g/mol. The highest BCUT2D eigenvalue weighted by atomic mass is 19.4. The number of carbonyl (C=O) groups is 2. The van der Waals surface area contributed by atoms with Crippen LogP contribution in [-0.4, -0.2) is 29.3 Å². The smallest absolute Gasteiger partial charge is 0.476 e. The number of benzene rings is 2. The predicted molar refractivity (Wildman–Crippen MR) is 123 cm³/mol. The van der Waals surface area contributed by atoms with E-state index in [9.17, 15) is 22.8 Å². The second-order valence-electron chi connectivity index (χ2n) is 9.37. The van der Waals surface area contributed by atoms with Gasteiger partial charge in [-0.15, -0.1) is 13.2 Å². The zero-order valence-electron chi connectivity index (χ0n) is 20.3. The Bertz CT molecular complexity index is 1050. The number of ether oxygens (including phenoxy) is 3. The molecule has 0 heterocycles. The lowest BCUT2D eigenvalue weighted by Crippen LogP contribution is -2.43. The first-order chi connectivity index (χ1) is 15.5. The molecule has 5 nitrogen and oxygen atoms in total. The number of esters is 1. The summed E-state index contributed by atoms with van der Waals surface area (Å²) in [7, 11) is 0. The molecule has 0 fully saturated rings. The molecule has 0 bridgehead atoms. The van der Waals surface area contributed by atoms with Gasteiger partial charge in [-0.2, -0.15) is 0 Å². The molecular weight excluding hydrogens is 449 g/mol. The van der Waals surface area contributed by atoms with Gasteiger partial charge in [0.2, 0.25) is 0 Å². The highest BCUT2D eigenvalue weighted by Crippen LogP contribution is 2.30. The summed E-state index contributed by atoms with van der Waals surface area (Å²) in [6.45, 7) is 12.3. The van der Waals surface area contributed by atoms with Crippen molar-refractivity contribution in [3.8, 4) is 11.5 Å². The van der Waals surface area contributed by atoms with E-state index in [1.54, 1.807) is 52.8 Å². The summed E-state index contributed by atoms with van der Waals surface area (Å²) in [4.78, 5) is 24.9. The SMILES string of the molecule is Cc1cc(C=CC(=O)c2ccc(OC(F)(F)F)cc2)cc(C)c1OC(C)(C)C(=O)OC(C)(C)C. The van der Waals surface area contributed by atoms with Crippen molar-refractivity contribution in [2.75, 3.05) is 0 Å². The molecule has 0 atom stereocenters. The van der Waals surface area contributed by atoms with Crippen molar-refractivity contribution in [2.45, 2.75) is 66.0 Å². The lowest BCUT2D eigenvalue weighted by molar-refractivity contribution is -0.274. The van der Waals surface area contributed by atoms with E-state index in [4.69, 9.17) is 9.47 Å². The van der Waals surface area contributed by atoms with Crippen LogP contribution >= 0.6 is 0 Å². The number of hydrogen-bond acceptors (Lipinski definition) is 5. The molecule has 0 saturated carbocycles. The highest BCUT2D eigenvalue weighted by Gasteiger charge is 2.35. The van der Waals surface area contributed by atoms with E-state index in [-0.39, 0.29) is 11.3 Å². The summed E-state index contributed by atoms with van der Waals surface area (Å²) < 4.78 is 52.1. The van der Waals surface area contributed by atoms with Crippen LogP contribution < -0.4 is 9.47 Å². The van der Waals surface area contributed by atoms with Gasteiger partial charge in [0, 0.05) is 5.56 Å². The van der Waals surface area contributed by atoms with Gasteiger partial charge in [-0.3, -0.25) is 4.79 Å². The zero-order chi connectivity index (χ0) is 25.9. The van der Waals surface area contributed by atoms with Gasteiger partial charge in [-0.05, 0) is 108 Å². The molecule has 0 radical (unpaired) electrons. The molecule has 8 heteroatoms. The minimum absolute atomic E-state index is 0.221. The Morgan fingerprint density at radius 2 is 1.38 bits per heavy atom. The maximum absolute atomic E-state index is 12.5. The Hall–Kier alpha value is -3.29. The topological polar surface area (TPSA) is 61.8 Å². The molecule has 0 unspecified atom stereocenters. The summed E-state index contributed by atoms with van der Waals surface area (Å²) in [5.41, 5.74) is 0.614. The monoisotopic (exact) mass is 478 g/mol. The lowest BCUT2D eigenvalue weighted by Gasteiger charge is -2.30. The van der Waals surface area contributed by atoms with E-state index in [2.05, 4.69) is 4.74 Å². The van der Waals surface area contributed by atoms with Crippen LogP contribution in [0.3, 0.4) is 0 Å². The van der Waals surface area contributed by atoms with Gasteiger partial charge < -0.3 is 14.2 Å². The van der Waals surface area contributed by atoms with Gasteiger partial charge >= 0.3 is 12.3 Å². The summed E-state index contributed by atoms with van der Waals surface area (Å²) >= 11 is 0. The molecule has 2 aromatic carbocycles. The maximum Gasteiger partial charge on any atom is 0.573 e. The Labute approximate surface area is 197 Å². The minimum atomic E-state index is -4.79. The van der Waals surface area contributed by atoms with E-state index < -0.39 is 29.3 Å². The van der Waals surface area contributed by atoms with Crippen LogP contribution in [0, 0.1) is 13.8 Å². The number of aryl methyl sites for hydroxylation is 2. The van der Waals surface area contributed by atoms with Gasteiger partial charge in [0.1, 0.15) is 17.1 Å². The number of ketones is 1. The second-order valence-corrected chi connectivity index (χ2v) is 9.37. The molecule has 0 spiro atoms. The van der Waals surface area contributed by atoms with Crippen molar-refractivity contribution in [3.63, 3.8) is 0 Å². The Morgan fingerprint density at radius 1 is 0.853 bits per heavy atom. The number of alkyl halides is 3. The van der Waals surface area contributed by atoms with Crippen molar-refractivity contribution in [1.82, 2.24) is 0 Å². The highest BCUT2D eigenvalue weighted by molar-refractivity contribution is 6.06. The standard InChI is InChI=1S/C26H29F3O5/c1-16-14-18(8-13-21(30)19-9-11-20(12-10-19)32-26(27,28)29)15-17(2)22(16)33-25(6,7)23(31)34-24(3,4)5/h8-15H,1-7H3. The molecule has 0 aliphatic heterocycles. The zero-order valence-corrected chi connectivity index (χ0v) is 20.3. The third kappa shape index (κ3) is 7.93. The fraction of sp³-hybridized carbons (Fsp3) is 0.385. The van der Waals surface area contributed by atoms with Crippen molar-refractivity contribution in [1.29, 1.82) is 0 Å². The van der Waals surface area contributed by atoms with Gasteiger partial charge in [0.15, 0.2) is 11.4 Å². The Kier molecular flexibility index (Phi) is 7.86. The molecule has 0 N–H and O–H groups in total. The van der Waals surface area contributed by atoms with Gasteiger partial charge in [-0.1, -0.05) is 6.08 Å². The second kappa shape index (κ2) is 9.91. The molecule has 2 rings (SSSR count). The van der Waals surface area contributed by atoms with E-state index >= 15 is 0 Å². The van der Waals surface area contributed by atoms with Crippen LogP contribution in [0.15, 0.2) is 42.5 Å². The van der Waals surface area contributed by atoms with Crippen LogP contribution in [-0.2, 0) is 9.53 Å². The molecule has 0 aliphatic rings. The van der Waals surface area contributed by atoms with Gasteiger partial charge in [0.25, 0.3) is 0 Å². The van der Waals surface area contributed by atoms with E-state index in [1.165, 1.54) is 18.2 Å². The molecule has 0 aliphatic carbocycles. The number of rotatable bonds is 7. The number of hydrogen-bond donors (Lipinski definition) is 0. The summed E-state index contributed by atoms with van der Waals surface area (Å²) in [6, 6.07) is 8.30. The maximum atomic E-state index is 12.5. The van der Waals surface area contributed by atoms with Crippen molar-refractivity contribution in [2.24, 2.45) is 0 Å². The molecular formula is C26H29F3O5. The van der Waals surface area contributed by atoms with Crippen LogP contribution in [0.2, 0.25) is 0 Å². The molecule has 0 aromatic heterocycles. The lowest BCUT2D eigenvalue weighted by atomic mass is 10.0.